The number of fused-ring (bicyclic) bond motifs is 1. The Balaban J connectivity index is 1.91. The van der Waals surface area contributed by atoms with E-state index in [4.69, 9.17) is 0 Å². The Labute approximate surface area is 105 Å². The van der Waals surface area contributed by atoms with Gasteiger partial charge in [-0.1, -0.05) is 24.3 Å². The van der Waals surface area contributed by atoms with E-state index in [9.17, 15) is 9.90 Å². The number of anilines is 1. The van der Waals surface area contributed by atoms with Gasteiger partial charge in [0.15, 0.2) is 0 Å². The Hall–Kier alpha value is -2.23. The van der Waals surface area contributed by atoms with Gasteiger partial charge >= 0.3 is 6.03 Å². The van der Waals surface area contributed by atoms with Gasteiger partial charge in [0.1, 0.15) is 5.75 Å². The molecule has 1 saturated carbocycles. The number of carbonyl (C=O) groups excluding carboxylic acids is 1. The van der Waals surface area contributed by atoms with E-state index in [1.165, 1.54) is 0 Å². The first-order valence-corrected chi connectivity index (χ1v) is 6.02. The minimum Gasteiger partial charge on any atom is -0.507 e. The molecule has 0 spiro atoms. The molecule has 0 unspecified atom stereocenters. The number of aromatic hydroxyl groups is 1. The Bertz CT molecular complexity index is 606. The van der Waals surface area contributed by atoms with Gasteiger partial charge in [-0.05, 0) is 25.0 Å². The third-order valence-corrected chi connectivity index (χ3v) is 3.06. The number of amides is 2. The van der Waals surface area contributed by atoms with Crippen molar-refractivity contribution in [2.75, 3.05) is 5.32 Å². The van der Waals surface area contributed by atoms with Gasteiger partial charge in [0, 0.05) is 16.8 Å². The van der Waals surface area contributed by atoms with Crippen LogP contribution in [0.2, 0.25) is 0 Å². The molecular formula is C14H14N2O2. The minimum absolute atomic E-state index is 0.187. The van der Waals surface area contributed by atoms with Crippen LogP contribution in [0.3, 0.4) is 0 Å². The van der Waals surface area contributed by atoms with Crippen molar-refractivity contribution in [3.63, 3.8) is 0 Å². The van der Waals surface area contributed by atoms with Crippen molar-refractivity contribution >= 4 is 22.5 Å². The summed E-state index contributed by atoms with van der Waals surface area (Å²) in [5, 5.41) is 17.0. The molecule has 1 aliphatic rings. The van der Waals surface area contributed by atoms with Gasteiger partial charge in [0.25, 0.3) is 0 Å². The van der Waals surface area contributed by atoms with Crippen LogP contribution in [0.25, 0.3) is 10.8 Å². The van der Waals surface area contributed by atoms with E-state index in [-0.39, 0.29) is 11.8 Å². The van der Waals surface area contributed by atoms with Crippen LogP contribution in [0.1, 0.15) is 12.8 Å². The molecule has 4 nitrogen and oxygen atoms in total. The normalized spacial score (nSPS) is 14.4. The molecule has 0 atom stereocenters. The smallest absolute Gasteiger partial charge is 0.319 e. The summed E-state index contributed by atoms with van der Waals surface area (Å²) in [6.07, 6.45) is 2.12. The summed E-state index contributed by atoms with van der Waals surface area (Å²) in [7, 11) is 0. The zero-order chi connectivity index (χ0) is 12.5. The van der Waals surface area contributed by atoms with Crippen LogP contribution in [0.15, 0.2) is 36.4 Å². The van der Waals surface area contributed by atoms with Crippen LogP contribution in [0.5, 0.6) is 5.75 Å². The molecule has 92 valence electrons. The van der Waals surface area contributed by atoms with Crippen molar-refractivity contribution in [2.24, 2.45) is 0 Å². The van der Waals surface area contributed by atoms with Gasteiger partial charge in [-0.3, -0.25) is 0 Å². The fourth-order valence-corrected chi connectivity index (χ4v) is 1.97. The molecule has 0 saturated heterocycles. The van der Waals surface area contributed by atoms with E-state index in [2.05, 4.69) is 10.6 Å². The highest BCUT2D eigenvalue weighted by Crippen LogP contribution is 2.29. The predicted octanol–water partition coefficient (Wildman–Crippen LogP) is 2.83. The maximum atomic E-state index is 11.7. The van der Waals surface area contributed by atoms with Crippen LogP contribution in [-0.4, -0.2) is 17.2 Å². The van der Waals surface area contributed by atoms with Crippen molar-refractivity contribution in [3.05, 3.63) is 36.4 Å². The van der Waals surface area contributed by atoms with E-state index in [0.29, 0.717) is 11.7 Å². The molecule has 2 aromatic rings. The number of nitrogens with one attached hydrogen (secondary N) is 2. The standard InChI is InChI=1S/C14H14N2O2/c17-13-6-2-3-10-11(13)4-1-5-12(10)16-14(18)15-9-7-8-9/h1-6,9,17H,7-8H2,(H2,15,16,18). The zero-order valence-corrected chi connectivity index (χ0v) is 9.81. The number of rotatable bonds is 2. The Morgan fingerprint density at radius 3 is 2.61 bits per heavy atom. The molecule has 0 aromatic heterocycles. The molecule has 3 N–H and O–H groups in total. The zero-order valence-electron chi connectivity index (χ0n) is 9.81. The topological polar surface area (TPSA) is 61.4 Å². The molecule has 0 heterocycles. The molecule has 18 heavy (non-hydrogen) atoms. The lowest BCUT2D eigenvalue weighted by Crippen LogP contribution is -2.30. The molecule has 2 aromatic carbocycles. The largest absolute Gasteiger partial charge is 0.507 e. The van der Waals surface area contributed by atoms with Gasteiger partial charge < -0.3 is 15.7 Å². The number of hydrogen-bond donors (Lipinski definition) is 3. The maximum absolute atomic E-state index is 11.7. The van der Waals surface area contributed by atoms with E-state index in [1.807, 2.05) is 24.3 Å². The third-order valence-electron chi connectivity index (χ3n) is 3.06. The highest BCUT2D eigenvalue weighted by molar-refractivity contribution is 6.03. The Kier molecular flexibility index (Phi) is 2.55. The van der Waals surface area contributed by atoms with E-state index in [0.717, 1.165) is 23.6 Å². The number of urea groups is 1. The lowest BCUT2D eigenvalue weighted by atomic mass is 10.1. The van der Waals surface area contributed by atoms with Crippen LogP contribution in [0.4, 0.5) is 10.5 Å². The summed E-state index contributed by atoms with van der Waals surface area (Å²) in [6, 6.07) is 10.9. The molecule has 4 heteroatoms. The van der Waals surface area contributed by atoms with Crippen LogP contribution >= 0.6 is 0 Å². The second kappa shape index (κ2) is 4.22. The van der Waals surface area contributed by atoms with Crippen molar-refractivity contribution in [2.45, 2.75) is 18.9 Å². The maximum Gasteiger partial charge on any atom is 0.319 e. The first-order valence-electron chi connectivity index (χ1n) is 6.02. The fourth-order valence-electron chi connectivity index (χ4n) is 1.97. The molecule has 3 rings (SSSR count). The fraction of sp³-hybridized carbons (Fsp3) is 0.214. The van der Waals surface area contributed by atoms with Crippen molar-refractivity contribution in [3.8, 4) is 5.75 Å². The molecule has 1 fully saturated rings. The van der Waals surface area contributed by atoms with Gasteiger partial charge in [0.2, 0.25) is 0 Å². The number of hydrogen-bond acceptors (Lipinski definition) is 2. The van der Waals surface area contributed by atoms with E-state index >= 15 is 0 Å². The summed E-state index contributed by atoms with van der Waals surface area (Å²) in [6.45, 7) is 0. The lowest BCUT2D eigenvalue weighted by Gasteiger charge is -2.10. The predicted molar refractivity (Wildman–Crippen MR) is 70.8 cm³/mol. The van der Waals surface area contributed by atoms with Gasteiger partial charge in [0.05, 0.1) is 5.69 Å². The monoisotopic (exact) mass is 242 g/mol. The van der Waals surface area contributed by atoms with Gasteiger partial charge in [-0.15, -0.1) is 0 Å². The minimum atomic E-state index is -0.187. The molecular weight excluding hydrogens is 228 g/mol. The molecule has 0 bridgehead atoms. The molecule has 2 amide bonds. The number of benzene rings is 2. The van der Waals surface area contributed by atoms with Crippen LogP contribution < -0.4 is 10.6 Å². The van der Waals surface area contributed by atoms with Crippen molar-refractivity contribution < 1.29 is 9.90 Å². The highest BCUT2D eigenvalue weighted by atomic mass is 16.3. The van der Waals surface area contributed by atoms with Crippen molar-refractivity contribution in [1.82, 2.24) is 5.32 Å². The van der Waals surface area contributed by atoms with Crippen molar-refractivity contribution in [1.29, 1.82) is 0 Å². The molecule has 1 aliphatic carbocycles. The van der Waals surface area contributed by atoms with Gasteiger partial charge in [-0.2, -0.15) is 0 Å². The van der Waals surface area contributed by atoms with Gasteiger partial charge in [-0.25, -0.2) is 4.79 Å². The average Bonchev–Trinajstić information content (AvgIpc) is 3.14. The lowest BCUT2D eigenvalue weighted by molar-refractivity contribution is 0.252. The molecule has 0 aliphatic heterocycles. The average molecular weight is 242 g/mol. The van der Waals surface area contributed by atoms with Crippen LogP contribution in [-0.2, 0) is 0 Å². The highest BCUT2D eigenvalue weighted by Gasteiger charge is 2.23. The Morgan fingerprint density at radius 2 is 1.83 bits per heavy atom. The third kappa shape index (κ3) is 2.09. The summed E-state index contributed by atoms with van der Waals surface area (Å²) in [4.78, 5) is 11.7. The summed E-state index contributed by atoms with van der Waals surface area (Å²) >= 11 is 0. The first kappa shape index (κ1) is 10.9. The summed E-state index contributed by atoms with van der Waals surface area (Å²) in [5.41, 5.74) is 0.710. The summed E-state index contributed by atoms with van der Waals surface area (Å²) < 4.78 is 0. The number of phenolic OH excluding ortho intramolecular Hbond substituents is 1. The van der Waals surface area contributed by atoms with E-state index < -0.39 is 0 Å². The SMILES string of the molecule is O=C(Nc1cccc2c(O)cccc12)NC1CC1. The summed E-state index contributed by atoms with van der Waals surface area (Å²) in [5.74, 6) is 0.221. The molecule has 0 radical (unpaired) electrons. The van der Waals surface area contributed by atoms with E-state index in [1.54, 1.807) is 12.1 Å². The second-order valence-electron chi connectivity index (χ2n) is 4.55. The Morgan fingerprint density at radius 1 is 1.11 bits per heavy atom. The first-order chi connectivity index (χ1) is 8.74. The number of phenols is 1. The quantitative estimate of drug-likeness (QED) is 0.758. The van der Waals surface area contributed by atoms with Crippen LogP contribution in [0, 0.1) is 0 Å². The number of carbonyl (C=O) groups is 1. The second-order valence-corrected chi connectivity index (χ2v) is 4.55.